The lowest BCUT2D eigenvalue weighted by Gasteiger charge is -2.05. The molecule has 0 atom stereocenters. The van der Waals surface area contributed by atoms with Gasteiger partial charge in [0.15, 0.2) is 11.4 Å². The lowest BCUT2D eigenvalue weighted by Crippen LogP contribution is -2.12. The average molecular weight is 295 g/mol. The summed E-state index contributed by atoms with van der Waals surface area (Å²) in [4.78, 5) is 24.1. The van der Waals surface area contributed by atoms with Crippen LogP contribution < -0.4 is 11.2 Å². The minimum Gasteiger partial charge on any atom is -0.408 e. The summed E-state index contributed by atoms with van der Waals surface area (Å²) in [7, 11) is 7.09. The third kappa shape index (κ3) is 2.17. The van der Waals surface area contributed by atoms with Gasteiger partial charge in [-0.3, -0.25) is 9.36 Å². The molecular weight excluding hydrogens is 284 g/mol. The highest BCUT2D eigenvalue weighted by molar-refractivity contribution is 6.33. The summed E-state index contributed by atoms with van der Waals surface area (Å²) in [6.45, 7) is 1.78. The average Bonchev–Trinajstić information content (AvgIpc) is 2.76. The van der Waals surface area contributed by atoms with Crippen molar-refractivity contribution in [3.63, 3.8) is 0 Å². The normalized spacial score (nSPS) is 11.0. The van der Waals surface area contributed by atoms with Gasteiger partial charge < -0.3 is 4.42 Å². The molecule has 0 saturated heterocycles. The van der Waals surface area contributed by atoms with Crippen molar-refractivity contribution < 1.29 is 13.6 Å². The number of hydrogen-bond donors (Lipinski definition) is 0. The maximum Gasteiger partial charge on any atom is 0.419 e. The Morgan fingerprint density at radius 1 is 1.23 bits per heavy atom. The van der Waals surface area contributed by atoms with E-state index in [2.05, 4.69) is 0 Å². The van der Waals surface area contributed by atoms with E-state index in [0.29, 0.717) is 16.7 Å². The maximum atomic E-state index is 13.2. The number of hydrogen-bond acceptors (Lipinski definition) is 3. The van der Waals surface area contributed by atoms with Gasteiger partial charge in [-0.15, -0.1) is 0 Å². The first-order chi connectivity index (χ1) is 10.4. The van der Waals surface area contributed by atoms with Gasteiger partial charge in [-0.05, 0) is 36.8 Å². The second-order valence-electron chi connectivity index (χ2n) is 5.13. The van der Waals surface area contributed by atoms with Gasteiger partial charge in [-0.25, -0.2) is 9.18 Å². The van der Waals surface area contributed by atoms with Crippen molar-refractivity contribution >= 4 is 30.2 Å². The summed E-state index contributed by atoms with van der Waals surface area (Å²) in [5, 5.41) is 0. The number of ketones is 1. The third-order valence-electron chi connectivity index (χ3n) is 3.59. The SMILES string of the molecule is [B]c1cc(C(=O)c2cc(C)c3c(c2)oc(=O)n3C)ccc1F. The van der Waals surface area contributed by atoms with Gasteiger partial charge in [0.2, 0.25) is 0 Å². The van der Waals surface area contributed by atoms with Crippen molar-refractivity contribution in [3.8, 4) is 0 Å². The number of rotatable bonds is 2. The van der Waals surface area contributed by atoms with Crippen LogP contribution >= 0.6 is 0 Å². The molecule has 0 amide bonds. The monoisotopic (exact) mass is 295 g/mol. The van der Waals surface area contributed by atoms with E-state index in [4.69, 9.17) is 12.3 Å². The van der Waals surface area contributed by atoms with Crippen LogP contribution in [0.3, 0.4) is 0 Å². The van der Waals surface area contributed by atoms with E-state index < -0.39 is 11.6 Å². The van der Waals surface area contributed by atoms with Crippen molar-refractivity contribution in [1.29, 1.82) is 0 Å². The summed E-state index contributed by atoms with van der Waals surface area (Å²) < 4.78 is 19.7. The molecule has 4 nitrogen and oxygen atoms in total. The van der Waals surface area contributed by atoms with Crippen LogP contribution in [-0.4, -0.2) is 18.2 Å². The first kappa shape index (κ1) is 14.3. The zero-order valence-electron chi connectivity index (χ0n) is 12.0. The molecular formula is C16H11BFNO3. The van der Waals surface area contributed by atoms with Gasteiger partial charge in [0.05, 0.1) is 5.52 Å². The van der Waals surface area contributed by atoms with Gasteiger partial charge in [-0.1, -0.05) is 11.5 Å². The molecule has 3 rings (SSSR count). The minimum absolute atomic E-state index is 0.0881. The number of benzene rings is 2. The molecule has 1 aromatic heterocycles. The summed E-state index contributed by atoms with van der Waals surface area (Å²) in [6, 6.07) is 6.98. The second kappa shape index (κ2) is 4.98. The number of nitrogens with zero attached hydrogens (tertiary/aromatic N) is 1. The number of aryl methyl sites for hydroxylation is 2. The predicted molar refractivity (Wildman–Crippen MR) is 81.4 cm³/mol. The molecule has 0 N–H and O–H groups in total. The highest BCUT2D eigenvalue weighted by Gasteiger charge is 2.16. The molecule has 0 unspecified atom stereocenters. The number of carbonyl (C=O) groups excluding carboxylic acids is 1. The fourth-order valence-electron chi connectivity index (χ4n) is 2.49. The van der Waals surface area contributed by atoms with Gasteiger partial charge >= 0.3 is 5.76 Å². The molecule has 0 fully saturated rings. The van der Waals surface area contributed by atoms with Crippen LogP contribution in [0.2, 0.25) is 0 Å². The van der Waals surface area contributed by atoms with E-state index in [9.17, 15) is 14.0 Å². The quantitative estimate of drug-likeness (QED) is 0.533. The highest BCUT2D eigenvalue weighted by Crippen LogP contribution is 2.21. The molecule has 6 heteroatoms. The Labute approximate surface area is 126 Å². The number of oxazole rings is 1. The first-order valence-electron chi connectivity index (χ1n) is 6.58. The number of fused-ring (bicyclic) bond motifs is 1. The van der Waals surface area contributed by atoms with Gasteiger partial charge in [0.25, 0.3) is 0 Å². The zero-order chi connectivity index (χ0) is 16.0. The lowest BCUT2D eigenvalue weighted by atomic mass is 9.91. The number of carbonyl (C=O) groups is 1. The van der Waals surface area contributed by atoms with E-state index in [1.807, 2.05) is 0 Å². The van der Waals surface area contributed by atoms with Crippen molar-refractivity contribution in [3.05, 3.63) is 63.4 Å². The standard InChI is InChI=1S/C16H11BFNO3/c1-8-5-10(7-13-14(8)19(2)16(21)22-13)15(20)9-3-4-12(18)11(17)6-9/h3-7H,1-2H3. The topological polar surface area (TPSA) is 52.2 Å². The van der Waals surface area contributed by atoms with Crippen molar-refractivity contribution in [2.24, 2.45) is 7.05 Å². The van der Waals surface area contributed by atoms with E-state index in [0.717, 1.165) is 11.6 Å². The molecule has 1 heterocycles. The fraction of sp³-hybridized carbons (Fsp3) is 0.125. The smallest absolute Gasteiger partial charge is 0.408 e. The van der Waals surface area contributed by atoms with Crippen LogP contribution in [0.25, 0.3) is 11.1 Å². The van der Waals surface area contributed by atoms with E-state index in [1.54, 1.807) is 20.0 Å². The molecule has 0 aliphatic carbocycles. The maximum absolute atomic E-state index is 13.2. The van der Waals surface area contributed by atoms with Crippen molar-refractivity contribution in [2.45, 2.75) is 6.92 Å². The summed E-state index contributed by atoms with van der Waals surface area (Å²) in [5.41, 5.74) is 2.26. The molecule has 0 saturated carbocycles. The van der Waals surface area contributed by atoms with Crippen molar-refractivity contribution in [1.82, 2.24) is 4.57 Å². The number of halogens is 1. The van der Waals surface area contributed by atoms with Crippen LogP contribution in [0.4, 0.5) is 4.39 Å². The fourth-order valence-corrected chi connectivity index (χ4v) is 2.49. The van der Waals surface area contributed by atoms with Gasteiger partial charge in [-0.2, -0.15) is 0 Å². The Morgan fingerprint density at radius 2 is 1.95 bits per heavy atom. The minimum atomic E-state index is -0.572. The largest absolute Gasteiger partial charge is 0.419 e. The Hall–Kier alpha value is -2.63. The molecule has 0 aliphatic rings. The molecule has 0 bridgehead atoms. The molecule has 0 spiro atoms. The Kier molecular flexibility index (Phi) is 3.24. The Bertz CT molecular complexity index is 971. The molecule has 0 aliphatic heterocycles. The van der Waals surface area contributed by atoms with Crippen LogP contribution in [0.1, 0.15) is 21.5 Å². The van der Waals surface area contributed by atoms with E-state index >= 15 is 0 Å². The van der Waals surface area contributed by atoms with Crippen molar-refractivity contribution in [2.75, 3.05) is 0 Å². The molecule has 2 aromatic carbocycles. The van der Waals surface area contributed by atoms with Crippen LogP contribution in [0.5, 0.6) is 0 Å². The third-order valence-corrected chi connectivity index (χ3v) is 3.59. The zero-order valence-corrected chi connectivity index (χ0v) is 12.0. The van der Waals surface area contributed by atoms with Crippen LogP contribution in [0.15, 0.2) is 39.5 Å². The highest BCUT2D eigenvalue weighted by atomic mass is 19.1. The van der Waals surface area contributed by atoms with Crippen LogP contribution in [-0.2, 0) is 7.05 Å². The second-order valence-corrected chi connectivity index (χ2v) is 5.13. The molecule has 2 radical (unpaired) electrons. The predicted octanol–water partition coefficient (Wildman–Crippen LogP) is 1.60. The summed E-state index contributed by atoms with van der Waals surface area (Å²) in [6.07, 6.45) is 0. The Morgan fingerprint density at radius 3 is 2.64 bits per heavy atom. The Balaban J connectivity index is 2.15. The van der Waals surface area contributed by atoms with E-state index in [-0.39, 0.29) is 16.8 Å². The first-order valence-corrected chi connectivity index (χ1v) is 6.58. The molecule has 22 heavy (non-hydrogen) atoms. The molecule has 3 aromatic rings. The number of aromatic nitrogens is 1. The van der Waals surface area contributed by atoms with Gasteiger partial charge in [0.1, 0.15) is 13.7 Å². The lowest BCUT2D eigenvalue weighted by molar-refractivity contribution is 0.103. The summed E-state index contributed by atoms with van der Waals surface area (Å²) in [5.74, 6) is -1.38. The van der Waals surface area contributed by atoms with Crippen LogP contribution in [0, 0.1) is 12.7 Å². The summed E-state index contributed by atoms with van der Waals surface area (Å²) >= 11 is 0. The van der Waals surface area contributed by atoms with E-state index in [1.165, 1.54) is 22.8 Å². The van der Waals surface area contributed by atoms with Gasteiger partial charge in [0, 0.05) is 18.2 Å². The molecule has 108 valence electrons.